The summed E-state index contributed by atoms with van der Waals surface area (Å²) in [5.74, 6) is 0.569. The van der Waals surface area contributed by atoms with E-state index in [0.717, 1.165) is 24.1 Å². The largest absolute Gasteiger partial charge is 0.243 e. The zero-order chi connectivity index (χ0) is 16.4. The molecule has 0 aliphatic carbocycles. The Kier molecular flexibility index (Phi) is 4.90. The fourth-order valence-corrected chi connectivity index (χ4v) is 5.81. The van der Waals surface area contributed by atoms with Crippen molar-refractivity contribution < 1.29 is 8.42 Å². The number of benzene rings is 1. The zero-order valence-electron chi connectivity index (χ0n) is 13.6. The molecule has 3 rings (SSSR count). The van der Waals surface area contributed by atoms with E-state index >= 15 is 0 Å². The lowest BCUT2D eigenvalue weighted by Gasteiger charge is -2.23. The second-order valence-electron chi connectivity index (χ2n) is 6.53. The van der Waals surface area contributed by atoms with Gasteiger partial charge in [0.15, 0.2) is 0 Å². The summed E-state index contributed by atoms with van der Waals surface area (Å²) in [7, 11) is -3.42. The van der Waals surface area contributed by atoms with Gasteiger partial charge in [-0.05, 0) is 54.3 Å². The molecule has 1 aliphatic rings. The third kappa shape index (κ3) is 3.52. The summed E-state index contributed by atoms with van der Waals surface area (Å²) >= 11 is 1.64. The maximum absolute atomic E-state index is 13.0. The summed E-state index contributed by atoms with van der Waals surface area (Å²) < 4.78 is 27.7. The Hall–Kier alpha value is -1.17. The summed E-state index contributed by atoms with van der Waals surface area (Å²) in [6.45, 7) is 4.94. The molecule has 2 heterocycles. The van der Waals surface area contributed by atoms with Gasteiger partial charge in [0.25, 0.3) is 0 Å². The van der Waals surface area contributed by atoms with Crippen LogP contribution in [-0.2, 0) is 16.4 Å². The molecule has 0 amide bonds. The van der Waals surface area contributed by atoms with E-state index in [2.05, 4.69) is 13.8 Å². The van der Waals surface area contributed by atoms with Crippen LogP contribution in [0.3, 0.4) is 0 Å². The van der Waals surface area contributed by atoms with Crippen LogP contribution in [0.25, 0.3) is 0 Å². The van der Waals surface area contributed by atoms with Crippen LogP contribution in [0.2, 0.25) is 0 Å². The zero-order valence-corrected chi connectivity index (χ0v) is 15.2. The topological polar surface area (TPSA) is 37.4 Å². The number of sulfonamides is 1. The first-order valence-corrected chi connectivity index (χ1v) is 10.4. The Morgan fingerprint density at radius 3 is 2.57 bits per heavy atom. The Bertz CT molecular complexity index is 734. The highest BCUT2D eigenvalue weighted by Gasteiger charge is 2.36. The molecule has 0 N–H and O–H groups in total. The van der Waals surface area contributed by atoms with Gasteiger partial charge in [0.1, 0.15) is 0 Å². The van der Waals surface area contributed by atoms with E-state index < -0.39 is 10.0 Å². The lowest BCUT2D eigenvalue weighted by molar-refractivity contribution is 0.401. The van der Waals surface area contributed by atoms with Gasteiger partial charge in [0, 0.05) is 11.4 Å². The second kappa shape index (κ2) is 6.75. The second-order valence-corrected chi connectivity index (χ2v) is 9.40. The summed E-state index contributed by atoms with van der Waals surface area (Å²) in [6.07, 6.45) is 2.81. The molecule has 124 valence electrons. The fraction of sp³-hybridized carbons (Fsp3) is 0.444. The molecule has 1 aliphatic heterocycles. The van der Waals surface area contributed by atoms with Crippen molar-refractivity contribution in [3.8, 4) is 0 Å². The van der Waals surface area contributed by atoms with E-state index in [0.29, 0.717) is 17.4 Å². The van der Waals surface area contributed by atoms with Crippen molar-refractivity contribution in [3.05, 3.63) is 52.2 Å². The molecule has 0 radical (unpaired) electrons. The smallest absolute Gasteiger partial charge is 0.207 e. The molecule has 23 heavy (non-hydrogen) atoms. The van der Waals surface area contributed by atoms with Crippen molar-refractivity contribution in [1.82, 2.24) is 4.31 Å². The standard InChI is InChI=1S/C18H23NO2S2/c1-14(2)13-15-7-9-16(10-8-15)23(20,21)19-11-3-5-17(19)18-6-4-12-22-18/h4,6-10,12,14,17H,3,5,11,13H2,1-2H3. The van der Waals surface area contributed by atoms with Crippen LogP contribution in [0.15, 0.2) is 46.7 Å². The Morgan fingerprint density at radius 1 is 1.22 bits per heavy atom. The molecule has 1 unspecified atom stereocenters. The predicted molar refractivity (Wildman–Crippen MR) is 95.2 cm³/mol. The molecule has 1 saturated heterocycles. The third-order valence-corrected chi connectivity index (χ3v) is 7.15. The average Bonchev–Trinajstić information content (AvgIpc) is 3.18. The van der Waals surface area contributed by atoms with Crippen LogP contribution in [0, 0.1) is 5.92 Å². The minimum atomic E-state index is -3.42. The van der Waals surface area contributed by atoms with Crippen LogP contribution in [0.5, 0.6) is 0 Å². The van der Waals surface area contributed by atoms with E-state index in [1.807, 2.05) is 29.6 Å². The normalized spacial score (nSPS) is 19.5. The molecule has 0 saturated carbocycles. The molecule has 0 spiro atoms. The number of rotatable bonds is 5. The van der Waals surface area contributed by atoms with Gasteiger partial charge in [0.05, 0.1) is 10.9 Å². The summed E-state index contributed by atoms with van der Waals surface area (Å²) in [5, 5.41) is 2.01. The van der Waals surface area contributed by atoms with Crippen LogP contribution in [0.1, 0.15) is 43.2 Å². The molecule has 0 bridgehead atoms. The Labute approximate surface area is 143 Å². The van der Waals surface area contributed by atoms with Crippen molar-refractivity contribution in [2.45, 2.75) is 44.0 Å². The molecule has 3 nitrogen and oxygen atoms in total. The van der Waals surface area contributed by atoms with E-state index in [1.165, 1.54) is 5.56 Å². The average molecular weight is 350 g/mol. The fourth-order valence-electron chi connectivity index (χ4n) is 3.20. The monoisotopic (exact) mass is 349 g/mol. The quantitative estimate of drug-likeness (QED) is 0.798. The molecule has 1 aromatic heterocycles. The van der Waals surface area contributed by atoms with E-state index in [1.54, 1.807) is 27.8 Å². The summed E-state index contributed by atoms with van der Waals surface area (Å²) in [6, 6.07) is 11.4. The van der Waals surface area contributed by atoms with Crippen molar-refractivity contribution >= 4 is 21.4 Å². The van der Waals surface area contributed by atoms with Gasteiger partial charge >= 0.3 is 0 Å². The van der Waals surface area contributed by atoms with Crippen molar-refractivity contribution in [2.24, 2.45) is 5.92 Å². The minimum Gasteiger partial charge on any atom is -0.207 e. The number of nitrogens with zero attached hydrogens (tertiary/aromatic N) is 1. The number of hydrogen-bond donors (Lipinski definition) is 0. The SMILES string of the molecule is CC(C)Cc1ccc(S(=O)(=O)N2CCCC2c2cccs2)cc1. The van der Waals surface area contributed by atoms with Gasteiger partial charge in [-0.3, -0.25) is 0 Å². The molecule has 1 aromatic carbocycles. The lowest BCUT2D eigenvalue weighted by Crippen LogP contribution is -2.30. The number of thiophene rings is 1. The highest BCUT2D eigenvalue weighted by Crippen LogP contribution is 2.38. The van der Waals surface area contributed by atoms with Crippen LogP contribution in [-0.4, -0.2) is 19.3 Å². The maximum atomic E-state index is 13.0. The van der Waals surface area contributed by atoms with Gasteiger partial charge in [-0.1, -0.05) is 32.0 Å². The highest BCUT2D eigenvalue weighted by atomic mass is 32.2. The van der Waals surface area contributed by atoms with E-state index in [-0.39, 0.29) is 6.04 Å². The first kappa shape index (κ1) is 16.7. The van der Waals surface area contributed by atoms with Crippen molar-refractivity contribution in [2.75, 3.05) is 6.54 Å². The van der Waals surface area contributed by atoms with Gasteiger partial charge in [-0.2, -0.15) is 4.31 Å². The molecule has 1 atom stereocenters. The first-order valence-electron chi connectivity index (χ1n) is 8.12. The predicted octanol–water partition coefficient (Wildman–Crippen LogP) is 4.47. The molecular formula is C18H23NO2S2. The lowest BCUT2D eigenvalue weighted by atomic mass is 10.0. The number of hydrogen-bond acceptors (Lipinski definition) is 3. The van der Waals surface area contributed by atoms with Gasteiger partial charge in [-0.25, -0.2) is 8.42 Å². The van der Waals surface area contributed by atoms with E-state index in [4.69, 9.17) is 0 Å². The Morgan fingerprint density at radius 2 is 1.96 bits per heavy atom. The van der Waals surface area contributed by atoms with Gasteiger partial charge in [0.2, 0.25) is 10.0 Å². The maximum Gasteiger partial charge on any atom is 0.243 e. The molecule has 5 heteroatoms. The summed E-state index contributed by atoms with van der Waals surface area (Å²) in [5.41, 5.74) is 1.19. The van der Waals surface area contributed by atoms with Crippen LogP contribution in [0.4, 0.5) is 0 Å². The molecule has 2 aromatic rings. The first-order chi connectivity index (χ1) is 11.0. The Balaban J connectivity index is 1.86. The van der Waals surface area contributed by atoms with Crippen LogP contribution >= 0.6 is 11.3 Å². The van der Waals surface area contributed by atoms with Gasteiger partial charge < -0.3 is 0 Å². The highest BCUT2D eigenvalue weighted by molar-refractivity contribution is 7.89. The van der Waals surface area contributed by atoms with Crippen molar-refractivity contribution in [1.29, 1.82) is 0 Å². The summed E-state index contributed by atoms with van der Waals surface area (Å²) in [4.78, 5) is 1.55. The molecule has 1 fully saturated rings. The van der Waals surface area contributed by atoms with Crippen molar-refractivity contribution in [3.63, 3.8) is 0 Å². The third-order valence-electron chi connectivity index (χ3n) is 4.25. The minimum absolute atomic E-state index is 0.00431. The van der Waals surface area contributed by atoms with Gasteiger partial charge in [-0.15, -0.1) is 11.3 Å². The van der Waals surface area contributed by atoms with Crippen LogP contribution < -0.4 is 0 Å². The molecular weight excluding hydrogens is 326 g/mol. The van der Waals surface area contributed by atoms with E-state index in [9.17, 15) is 8.42 Å².